The van der Waals surface area contributed by atoms with E-state index in [9.17, 15) is 24.0 Å². The Morgan fingerprint density at radius 3 is 1.14 bits per heavy atom. The summed E-state index contributed by atoms with van der Waals surface area (Å²) < 4.78 is 12.6. The molecule has 0 rings (SSSR count). The van der Waals surface area contributed by atoms with Crippen molar-refractivity contribution in [1.82, 2.24) is 26.6 Å². The number of carbonyl (C=O) groups excluding carboxylic acids is 5. The molecular weight excluding hydrogens is 865 g/mol. The van der Waals surface area contributed by atoms with E-state index in [-0.39, 0.29) is 49.1 Å². The molecule has 5 N–H and O–H groups in total. The van der Waals surface area contributed by atoms with E-state index in [4.69, 9.17) is 9.47 Å². The number of carbonyl (C=O) groups is 5. The van der Waals surface area contributed by atoms with Gasteiger partial charge >= 0.3 is 0 Å². The summed E-state index contributed by atoms with van der Waals surface area (Å²) in [4.78, 5) is 64.0. The fourth-order valence-corrected chi connectivity index (χ4v) is 8.37. The van der Waals surface area contributed by atoms with Crippen LogP contribution >= 0.6 is 0 Å². The molecular formula is C56H109BN5O7. The summed E-state index contributed by atoms with van der Waals surface area (Å²) in [6.45, 7) is 23.2. The van der Waals surface area contributed by atoms with E-state index < -0.39 is 34.6 Å². The SMILES string of the molecule is C[B]C(=O)N[C@@H](CCC(=O)NCC(C)(C)OC(C)(C)CNC(=O)CCCCCCCCCCCCCCC)C(=O)NCC(C)(C)OCC(C)(C)CNC(=O)CCCCCCCCCCCCCCC. The fourth-order valence-electron chi connectivity index (χ4n) is 8.37. The predicted molar refractivity (Wildman–Crippen MR) is 289 cm³/mol. The average Bonchev–Trinajstić information content (AvgIpc) is 3.29. The van der Waals surface area contributed by atoms with Crippen molar-refractivity contribution in [2.24, 2.45) is 5.41 Å². The standard InChI is InChI=1S/C56H109BN5O7/c1-12-14-16-18-20-22-24-26-28-30-32-34-36-38-48(63)58-42-53(3,4)46-68-54(5,6)43-61-51(66)47(62-52(67)57-11)40-41-50(65)60-45-56(9,10)69-55(7,8)44-59-49(64)39-37-35-33-31-29-27-25-23-21-19-17-15-13-2/h47H,12-46H2,1-11H3,(H,58,63)(H,59,64)(H,60,65)(H,61,66)(H,62,67)/t47-/m0/s1. The summed E-state index contributed by atoms with van der Waals surface area (Å²) in [5.41, 5.74) is -2.47. The van der Waals surface area contributed by atoms with Gasteiger partial charge in [-0.15, -0.1) is 0 Å². The van der Waals surface area contributed by atoms with Gasteiger partial charge in [0.25, 0.3) is 0 Å². The second-order valence-corrected chi connectivity index (χ2v) is 22.8. The van der Waals surface area contributed by atoms with E-state index in [0.29, 0.717) is 32.5 Å². The Kier molecular flexibility index (Phi) is 38.3. The molecule has 0 bridgehead atoms. The second kappa shape index (κ2) is 39.9. The zero-order valence-corrected chi connectivity index (χ0v) is 46.8. The molecule has 0 saturated carbocycles. The van der Waals surface area contributed by atoms with Gasteiger partial charge in [0.1, 0.15) is 6.04 Å². The van der Waals surface area contributed by atoms with Crippen LogP contribution in [0.1, 0.15) is 262 Å². The van der Waals surface area contributed by atoms with Gasteiger partial charge in [-0.2, -0.15) is 0 Å². The highest BCUT2D eigenvalue weighted by atomic mass is 16.5. The number of unbranched alkanes of at least 4 members (excludes halogenated alkanes) is 24. The Labute approximate surface area is 425 Å². The summed E-state index contributed by atoms with van der Waals surface area (Å²) in [6.07, 6.45) is 34.2. The zero-order chi connectivity index (χ0) is 51.9. The number of ether oxygens (including phenoxy) is 2. The van der Waals surface area contributed by atoms with Crippen LogP contribution in [0.5, 0.6) is 0 Å². The van der Waals surface area contributed by atoms with E-state index in [2.05, 4.69) is 40.4 Å². The number of nitrogens with one attached hydrogen (secondary N) is 5. The summed E-state index contributed by atoms with van der Waals surface area (Å²) in [7, 11) is 1.34. The van der Waals surface area contributed by atoms with Crippen LogP contribution in [0.25, 0.3) is 0 Å². The molecule has 0 fully saturated rings. The molecule has 0 saturated heterocycles. The van der Waals surface area contributed by atoms with Crippen LogP contribution in [-0.2, 0) is 28.7 Å². The maximum Gasteiger partial charge on any atom is 0.242 e. The van der Waals surface area contributed by atoms with Crippen molar-refractivity contribution in [3.05, 3.63) is 0 Å². The van der Waals surface area contributed by atoms with Crippen molar-refractivity contribution >= 4 is 36.7 Å². The summed E-state index contributed by atoms with van der Waals surface area (Å²) in [6, 6.07) is -0.927. The van der Waals surface area contributed by atoms with Crippen molar-refractivity contribution in [1.29, 1.82) is 0 Å². The molecule has 69 heavy (non-hydrogen) atoms. The molecule has 0 aromatic rings. The predicted octanol–water partition coefficient (Wildman–Crippen LogP) is 12.4. The number of hydrogen-bond donors (Lipinski definition) is 5. The smallest absolute Gasteiger partial charge is 0.242 e. The van der Waals surface area contributed by atoms with E-state index in [0.717, 1.165) is 25.7 Å². The van der Waals surface area contributed by atoms with E-state index in [1.165, 1.54) is 149 Å². The molecule has 1 radical (unpaired) electrons. The lowest BCUT2D eigenvalue weighted by Crippen LogP contribution is -2.52. The molecule has 1 atom stereocenters. The van der Waals surface area contributed by atoms with Crippen LogP contribution in [0.3, 0.4) is 0 Å². The lowest BCUT2D eigenvalue weighted by atomic mass is 9.81. The molecule has 403 valence electrons. The minimum absolute atomic E-state index is 0.00989. The largest absolute Gasteiger partial charge is 0.373 e. The first kappa shape index (κ1) is 66.3. The van der Waals surface area contributed by atoms with Crippen LogP contribution in [-0.4, -0.2) is 92.3 Å². The van der Waals surface area contributed by atoms with Crippen LogP contribution in [0, 0.1) is 5.41 Å². The van der Waals surface area contributed by atoms with Crippen LogP contribution < -0.4 is 26.6 Å². The first-order chi connectivity index (χ1) is 32.7. The molecule has 0 aliphatic heterocycles. The van der Waals surface area contributed by atoms with Crippen molar-refractivity contribution in [3.8, 4) is 0 Å². The Bertz CT molecular complexity index is 1360. The van der Waals surface area contributed by atoms with Crippen molar-refractivity contribution in [2.45, 2.75) is 292 Å². The fraction of sp³-hybridized carbons (Fsp3) is 0.911. The van der Waals surface area contributed by atoms with Crippen LogP contribution in [0.15, 0.2) is 0 Å². The van der Waals surface area contributed by atoms with E-state index in [1.54, 1.807) is 6.82 Å². The number of amides is 5. The molecule has 0 heterocycles. The van der Waals surface area contributed by atoms with Gasteiger partial charge in [-0.25, -0.2) is 0 Å². The normalized spacial score (nSPS) is 12.6. The third kappa shape index (κ3) is 41.6. The minimum Gasteiger partial charge on any atom is -0.373 e. The van der Waals surface area contributed by atoms with Gasteiger partial charge in [-0.1, -0.05) is 189 Å². The first-order valence-electron chi connectivity index (χ1n) is 28.2. The van der Waals surface area contributed by atoms with Gasteiger partial charge in [0.15, 0.2) is 5.81 Å². The third-order valence-electron chi connectivity index (χ3n) is 12.9. The van der Waals surface area contributed by atoms with Gasteiger partial charge in [0.2, 0.25) is 30.9 Å². The molecule has 13 heteroatoms. The molecule has 0 unspecified atom stereocenters. The highest BCUT2D eigenvalue weighted by molar-refractivity contribution is 6.72. The number of hydrogen-bond acceptors (Lipinski definition) is 7. The minimum atomic E-state index is -0.927. The third-order valence-corrected chi connectivity index (χ3v) is 12.9. The van der Waals surface area contributed by atoms with Crippen molar-refractivity contribution in [3.63, 3.8) is 0 Å². The molecule has 0 aliphatic carbocycles. The molecule has 0 aliphatic rings. The second-order valence-electron chi connectivity index (χ2n) is 22.8. The van der Waals surface area contributed by atoms with E-state index in [1.807, 2.05) is 55.4 Å². The first-order valence-corrected chi connectivity index (χ1v) is 28.2. The van der Waals surface area contributed by atoms with Gasteiger partial charge in [-0.05, 0) is 60.8 Å². The Hall–Kier alpha value is -2.67. The Balaban J connectivity index is 4.54. The van der Waals surface area contributed by atoms with Gasteiger partial charge in [-0.3, -0.25) is 24.0 Å². The van der Waals surface area contributed by atoms with Gasteiger partial charge in [0.05, 0.1) is 23.4 Å². The molecule has 0 aromatic heterocycles. The summed E-state index contributed by atoms with van der Waals surface area (Å²) in [5.74, 6) is -0.991. The lowest BCUT2D eigenvalue weighted by Gasteiger charge is -2.36. The summed E-state index contributed by atoms with van der Waals surface area (Å²) >= 11 is 0. The zero-order valence-electron chi connectivity index (χ0n) is 46.8. The maximum atomic E-state index is 13.4. The van der Waals surface area contributed by atoms with Crippen LogP contribution in [0.2, 0.25) is 6.82 Å². The Morgan fingerprint density at radius 2 is 0.768 bits per heavy atom. The monoisotopic (exact) mass is 975 g/mol. The highest BCUT2D eigenvalue weighted by Gasteiger charge is 2.31. The molecule has 0 aromatic carbocycles. The van der Waals surface area contributed by atoms with Crippen molar-refractivity contribution in [2.75, 3.05) is 32.8 Å². The topological polar surface area (TPSA) is 164 Å². The molecule has 12 nitrogen and oxygen atoms in total. The Morgan fingerprint density at radius 1 is 0.435 bits per heavy atom. The number of rotatable bonds is 47. The lowest BCUT2D eigenvalue weighted by molar-refractivity contribution is -0.135. The van der Waals surface area contributed by atoms with E-state index >= 15 is 0 Å². The van der Waals surface area contributed by atoms with Gasteiger partial charge < -0.3 is 36.1 Å². The quantitative estimate of drug-likeness (QED) is 0.0299. The maximum absolute atomic E-state index is 13.4. The molecule has 0 spiro atoms. The van der Waals surface area contributed by atoms with Crippen molar-refractivity contribution < 1.29 is 33.4 Å². The van der Waals surface area contributed by atoms with Gasteiger partial charge in [0, 0.05) is 50.9 Å². The molecule has 5 amide bonds. The summed E-state index contributed by atoms with van der Waals surface area (Å²) in [5, 5.41) is 14.7. The van der Waals surface area contributed by atoms with Crippen LogP contribution in [0.4, 0.5) is 4.79 Å². The average molecular weight is 975 g/mol. The highest BCUT2D eigenvalue weighted by Crippen LogP contribution is 2.22.